The number of amides is 1. The summed E-state index contributed by atoms with van der Waals surface area (Å²) in [7, 11) is 0. The molecule has 0 saturated carbocycles. The van der Waals surface area contributed by atoms with Gasteiger partial charge in [0.05, 0.1) is 12.2 Å². The zero-order chi connectivity index (χ0) is 12.4. The van der Waals surface area contributed by atoms with Gasteiger partial charge in [-0.05, 0) is 41.9 Å². The van der Waals surface area contributed by atoms with E-state index in [4.69, 9.17) is 4.74 Å². The lowest BCUT2D eigenvalue weighted by atomic mass is 10.2. The van der Waals surface area contributed by atoms with Crippen LogP contribution in [-0.4, -0.2) is 41.1 Å². The van der Waals surface area contributed by atoms with Gasteiger partial charge in [0.2, 0.25) is 0 Å². The van der Waals surface area contributed by atoms with Crippen LogP contribution in [0.4, 0.5) is 0 Å². The SMILES string of the molecule is C[C@@H]1CN(C(=O)c2ccc(Br)cn2)C[C@H](C)O1. The predicted octanol–water partition coefficient (Wildman–Crippen LogP) is 2.09. The minimum atomic E-state index is -0.0282. The van der Waals surface area contributed by atoms with Crippen molar-refractivity contribution >= 4 is 21.8 Å². The van der Waals surface area contributed by atoms with Crippen molar-refractivity contribution in [2.75, 3.05) is 13.1 Å². The maximum absolute atomic E-state index is 12.2. The maximum atomic E-state index is 12.2. The summed E-state index contributed by atoms with van der Waals surface area (Å²) in [6, 6.07) is 3.56. The van der Waals surface area contributed by atoms with Crippen LogP contribution in [0.2, 0.25) is 0 Å². The van der Waals surface area contributed by atoms with E-state index in [0.29, 0.717) is 18.8 Å². The molecule has 17 heavy (non-hydrogen) atoms. The topological polar surface area (TPSA) is 42.4 Å². The summed E-state index contributed by atoms with van der Waals surface area (Å²) in [6.45, 7) is 5.21. The third-order valence-electron chi connectivity index (χ3n) is 2.65. The number of ether oxygens (including phenoxy) is 1. The number of hydrogen-bond acceptors (Lipinski definition) is 3. The van der Waals surface area contributed by atoms with Gasteiger partial charge in [0.15, 0.2) is 0 Å². The Morgan fingerprint density at radius 3 is 2.59 bits per heavy atom. The van der Waals surface area contributed by atoms with Crippen LogP contribution in [0, 0.1) is 0 Å². The molecule has 92 valence electrons. The molecular formula is C12H15BrN2O2. The molecule has 0 aromatic carbocycles. The minimum absolute atomic E-state index is 0.0282. The highest BCUT2D eigenvalue weighted by Gasteiger charge is 2.26. The second-order valence-electron chi connectivity index (χ2n) is 4.33. The largest absolute Gasteiger partial charge is 0.372 e. The molecular weight excluding hydrogens is 284 g/mol. The average molecular weight is 299 g/mol. The van der Waals surface area contributed by atoms with Crippen molar-refractivity contribution in [1.29, 1.82) is 0 Å². The zero-order valence-corrected chi connectivity index (χ0v) is 11.5. The predicted molar refractivity (Wildman–Crippen MR) is 67.8 cm³/mol. The van der Waals surface area contributed by atoms with Crippen LogP contribution in [0.15, 0.2) is 22.8 Å². The highest BCUT2D eigenvalue weighted by molar-refractivity contribution is 9.10. The second-order valence-corrected chi connectivity index (χ2v) is 5.24. The normalized spacial score (nSPS) is 24.8. The molecule has 1 fully saturated rings. The summed E-state index contributed by atoms with van der Waals surface area (Å²) in [5.41, 5.74) is 0.481. The van der Waals surface area contributed by atoms with Crippen LogP contribution < -0.4 is 0 Å². The van der Waals surface area contributed by atoms with Crippen molar-refractivity contribution in [3.63, 3.8) is 0 Å². The molecule has 1 aliphatic heterocycles. The van der Waals surface area contributed by atoms with Crippen molar-refractivity contribution in [3.05, 3.63) is 28.5 Å². The van der Waals surface area contributed by atoms with E-state index >= 15 is 0 Å². The molecule has 1 aliphatic rings. The van der Waals surface area contributed by atoms with Gasteiger partial charge in [0.25, 0.3) is 5.91 Å². The van der Waals surface area contributed by atoms with Gasteiger partial charge < -0.3 is 9.64 Å². The van der Waals surface area contributed by atoms with Gasteiger partial charge in [0, 0.05) is 23.8 Å². The van der Waals surface area contributed by atoms with Crippen molar-refractivity contribution < 1.29 is 9.53 Å². The lowest BCUT2D eigenvalue weighted by molar-refractivity contribution is -0.0587. The maximum Gasteiger partial charge on any atom is 0.272 e. The van der Waals surface area contributed by atoms with Crippen LogP contribution in [0.3, 0.4) is 0 Å². The first kappa shape index (κ1) is 12.5. The summed E-state index contributed by atoms with van der Waals surface area (Å²) in [4.78, 5) is 18.1. The number of halogens is 1. The van der Waals surface area contributed by atoms with E-state index in [9.17, 15) is 4.79 Å². The van der Waals surface area contributed by atoms with Crippen LogP contribution >= 0.6 is 15.9 Å². The molecule has 0 radical (unpaired) electrons. The molecule has 1 saturated heterocycles. The Morgan fingerprint density at radius 2 is 2.06 bits per heavy atom. The third kappa shape index (κ3) is 3.04. The fraction of sp³-hybridized carbons (Fsp3) is 0.500. The van der Waals surface area contributed by atoms with Gasteiger partial charge in [-0.1, -0.05) is 0 Å². The van der Waals surface area contributed by atoms with E-state index in [1.165, 1.54) is 0 Å². The molecule has 5 heteroatoms. The fourth-order valence-corrected chi connectivity index (χ4v) is 2.24. The van der Waals surface area contributed by atoms with Crippen molar-refractivity contribution in [2.45, 2.75) is 26.1 Å². The quantitative estimate of drug-likeness (QED) is 0.797. The number of pyridine rings is 1. The molecule has 0 spiro atoms. The number of carbonyl (C=O) groups is 1. The van der Waals surface area contributed by atoms with E-state index in [2.05, 4.69) is 20.9 Å². The summed E-state index contributed by atoms with van der Waals surface area (Å²) in [5.74, 6) is -0.0282. The van der Waals surface area contributed by atoms with Crippen LogP contribution in [0.5, 0.6) is 0 Å². The molecule has 1 aromatic rings. The van der Waals surface area contributed by atoms with E-state index in [1.54, 1.807) is 17.2 Å². The number of rotatable bonds is 1. The third-order valence-corrected chi connectivity index (χ3v) is 3.12. The van der Waals surface area contributed by atoms with E-state index in [1.807, 2.05) is 19.9 Å². The van der Waals surface area contributed by atoms with Gasteiger partial charge in [-0.15, -0.1) is 0 Å². The summed E-state index contributed by atoms with van der Waals surface area (Å²) < 4.78 is 6.47. The molecule has 4 nitrogen and oxygen atoms in total. The van der Waals surface area contributed by atoms with Gasteiger partial charge >= 0.3 is 0 Å². The molecule has 0 unspecified atom stereocenters. The Morgan fingerprint density at radius 1 is 1.41 bits per heavy atom. The van der Waals surface area contributed by atoms with Gasteiger partial charge in [-0.2, -0.15) is 0 Å². The Hall–Kier alpha value is -0.940. The molecule has 1 amide bonds. The summed E-state index contributed by atoms with van der Waals surface area (Å²) in [6.07, 6.45) is 1.80. The zero-order valence-electron chi connectivity index (χ0n) is 9.89. The Labute approximate surface area is 109 Å². The molecule has 2 rings (SSSR count). The molecule has 0 N–H and O–H groups in total. The van der Waals surface area contributed by atoms with Crippen LogP contribution in [0.1, 0.15) is 24.3 Å². The van der Waals surface area contributed by atoms with Crippen LogP contribution in [-0.2, 0) is 4.74 Å². The highest BCUT2D eigenvalue weighted by Crippen LogP contribution is 2.14. The lowest BCUT2D eigenvalue weighted by Crippen LogP contribution is -2.48. The highest BCUT2D eigenvalue weighted by atomic mass is 79.9. The number of nitrogens with zero attached hydrogens (tertiary/aromatic N) is 2. The fourth-order valence-electron chi connectivity index (χ4n) is 2.01. The number of aromatic nitrogens is 1. The van der Waals surface area contributed by atoms with Gasteiger partial charge in [0.1, 0.15) is 5.69 Å². The van der Waals surface area contributed by atoms with Crippen molar-refractivity contribution in [2.24, 2.45) is 0 Å². The smallest absolute Gasteiger partial charge is 0.272 e. The van der Waals surface area contributed by atoms with Gasteiger partial charge in [-0.25, -0.2) is 4.98 Å². The molecule has 2 heterocycles. The molecule has 0 aliphatic carbocycles. The summed E-state index contributed by atoms with van der Waals surface area (Å²) >= 11 is 3.30. The first-order chi connectivity index (χ1) is 8.06. The number of morpholine rings is 1. The molecule has 2 atom stereocenters. The van der Waals surface area contributed by atoms with E-state index in [0.717, 1.165) is 4.47 Å². The first-order valence-corrected chi connectivity index (χ1v) is 6.42. The minimum Gasteiger partial charge on any atom is -0.372 e. The average Bonchev–Trinajstić information content (AvgIpc) is 2.28. The monoisotopic (exact) mass is 298 g/mol. The lowest BCUT2D eigenvalue weighted by Gasteiger charge is -2.35. The standard InChI is InChI=1S/C12H15BrN2O2/c1-8-6-15(7-9(2)17-8)12(16)11-4-3-10(13)5-14-11/h3-5,8-9H,6-7H2,1-2H3/t8-,9+. The Kier molecular flexibility index (Phi) is 3.79. The molecule has 1 aromatic heterocycles. The molecule has 0 bridgehead atoms. The van der Waals surface area contributed by atoms with Gasteiger partial charge in [-0.3, -0.25) is 4.79 Å². The second kappa shape index (κ2) is 5.14. The van der Waals surface area contributed by atoms with E-state index in [-0.39, 0.29) is 18.1 Å². The van der Waals surface area contributed by atoms with Crippen molar-refractivity contribution in [1.82, 2.24) is 9.88 Å². The first-order valence-electron chi connectivity index (χ1n) is 5.62. The van der Waals surface area contributed by atoms with Crippen LogP contribution in [0.25, 0.3) is 0 Å². The summed E-state index contributed by atoms with van der Waals surface area (Å²) in [5, 5.41) is 0. The van der Waals surface area contributed by atoms with E-state index < -0.39 is 0 Å². The Balaban J connectivity index is 2.11. The number of hydrogen-bond donors (Lipinski definition) is 0. The Bertz CT molecular complexity index is 397. The van der Waals surface area contributed by atoms with Crippen molar-refractivity contribution in [3.8, 4) is 0 Å². The number of carbonyl (C=O) groups excluding carboxylic acids is 1.